The Morgan fingerprint density at radius 1 is 1.38 bits per heavy atom. The average molecular weight is 244 g/mol. The van der Waals surface area contributed by atoms with E-state index >= 15 is 0 Å². The standard InChI is InChI=1S/C13H22ClNO/c1-9(14)11(16)15-8-13(4)6-10(15)5-12(2,3)7-13/h9-10H,5-8H2,1-4H3. The summed E-state index contributed by atoms with van der Waals surface area (Å²) in [5.74, 6) is 0.119. The minimum Gasteiger partial charge on any atom is -0.338 e. The van der Waals surface area contributed by atoms with Crippen molar-refractivity contribution in [1.29, 1.82) is 0 Å². The van der Waals surface area contributed by atoms with Crippen LogP contribution in [-0.2, 0) is 4.79 Å². The fourth-order valence-electron chi connectivity index (χ4n) is 3.95. The van der Waals surface area contributed by atoms with Crippen LogP contribution in [0.3, 0.4) is 0 Å². The van der Waals surface area contributed by atoms with Crippen molar-refractivity contribution in [3.63, 3.8) is 0 Å². The number of fused-ring (bicyclic) bond motifs is 2. The summed E-state index contributed by atoms with van der Waals surface area (Å²) in [6.45, 7) is 9.62. The van der Waals surface area contributed by atoms with Crippen molar-refractivity contribution in [3.8, 4) is 0 Å². The Morgan fingerprint density at radius 3 is 2.56 bits per heavy atom. The third kappa shape index (κ3) is 2.09. The molecule has 2 rings (SSSR count). The number of alkyl halides is 1. The molecule has 2 nitrogen and oxygen atoms in total. The number of carbonyl (C=O) groups excluding carboxylic acids is 1. The number of amides is 1. The summed E-state index contributed by atoms with van der Waals surface area (Å²) in [4.78, 5) is 14.1. The molecule has 2 fully saturated rings. The first-order valence-corrected chi connectivity index (χ1v) is 6.61. The Labute approximate surface area is 103 Å². The Hall–Kier alpha value is -0.240. The summed E-state index contributed by atoms with van der Waals surface area (Å²) in [6.07, 6.45) is 3.50. The number of carbonyl (C=O) groups is 1. The van der Waals surface area contributed by atoms with Crippen LogP contribution in [0.15, 0.2) is 0 Å². The molecule has 92 valence electrons. The van der Waals surface area contributed by atoms with Crippen LogP contribution in [0.4, 0.5) is 0 Å². The first kappa shape index (κ1) is 12.2. The molecule has 3 unspecified atom stereocenters. The van der Waals surface area contributed by atoms with E-state index in [0.717, 1.165) is 19.4 Å². The van der Waals surface area contributed by atoms with Crippen LogP contribution >= 0.6 is 11.6 Å². The summed E-state index contributed by atoms with van der Waals surface area (Å²) in [5.41, 5.74) is 0.677. The highest BCUT2D eigenvalue weighted by atomic mass is 35.5. The van der Waals surface area contributed by atoms with Crippen LogP contribution in [0.25, 0.3) is 0 Å². The fourth-order valence-corrected chi connectivity index (χ4v) is 4.07. The molecule has 3 atom stereocenters. The second kappa shape index (κ2) is 3.63. The number of hydrogen-bond donors (Lipinski definition) is 0. The van der Waals surface area contributed by atoms with E-state index in [2.05, 4.69) is 20.8 Å². The minimum atomic E-state index is -0.383. The minimum absolute atomic E-state index is 0.119. The zero-order valence-electron chi connectivity index (χ0n) is 10.7. The Morgan fingerprint density at radius 2 is 2.00 bits per heavy atom. The number of halogens is 1. The molecule has 1 aliphatic heterocycles. The van der Waals surface area contributed by atoms with Gasteiger partial charge in [-0.05, 0) is 37.0 Å². The third-order valence-corrected chi connectivity index (χ3v) is 4.22. The van der Waals surface area contributed by atoms with E-state index in [1.807, 2.05) is 4.90 Å². The second-order valence-corrected chi connectivity index (χ2v) is 7.45. The van der Waals surface area contributed by atoms with Crippen LogP contribution in [0.5, 0.6) is 0 Å². The highest BCUT2D eigenvalue weighted by molar-refractivity contribution is 6.30. The first-order valence-electron chi connectivity index (χ1n) is 6.17. The van der Waals surface area contributed by atoms with Crippen molar-refractivity contribution >= 4 is 17.5 Å². The molecule has 3 heteroatoms. The van der Waals surface area contributed by atoms with E-state index in [9.17, 15) is 4.79 Å². The molecule has 0 radical (unpaired) electrons. The van der Waals surface area contributed by atoms with Gasteiger partial charge in [-0.1, -0.05) is 20.8 Å². The van der Waals surface area contributed by atoms with Gasteiger partial charge in [0.2, 0.25) is 5.91 Å². The van der Waals surface area contributed by atoms with Crippen molar-refractivity contribution in [1.82, 2.24) is 4.90 Å². The largest absolute Gasteiger partial charge is 0.338 e. The zero-order chi connectivity index (χ0) is 12.1. The molecule has 0 aromatic rings. The van der Waals surface area contributed by atoms with Crippen molar-refractivity contribution in [2.45, 2.75) is 58.4 Å². The lowest BCUT2D eigenvalue weighted by Gasteiger charge is -2.39. The number of likely N-dealkylation sites (tertiary alicyclic amines) is 1. The van der Waals surface area contributed by atoms with Gasteiger partial charge in [0.1, 0.15) is 5.38 Å². The van der Waals surface area contributed by atoms with Crippen LogP contribution in [-0.4, -0.2) is 28.8 Å². The molecule has 1 amide bonds. The lowest BCUT2D eigenvalue weighted by molar-refractivity contribution is -0.131. The molecule has 1 heterocycles. The van der Waals surface area contributed by atoms with Crippen LogP contribution in [0.2, 0.25) is 0 Å². The van der Waals surface area contributed by atoms with Crippen LogP contribution < -0.4 is 0 Å². The summed E-state index contributed by atoms with van der Waals surface area (Å²) >= 11 is 5.92. The van der Waals surface area contributed by atoms with Gasteiger partial charge in [-0.3, -0.25) is 4.79 Å². The average Bonchev–Trinajstić information content (AvgIpc) is 2.33. The maximum Gasteiger partial charge on any atom is 0.240 e. The Balaban J connectivity index is 2.19. The lowest BCUT2D eigenvalue weighted by Crippen LogP contribution is -2.40. The number of rotatable bonds is 1. The summed E-state index contributed by atoms with van der Waals surface area (Å²) in [7, 11) is 0. The van der Waals surface area contributed by atoms with E-state index in [1.54, 1.807) is 6.92 Å². The Bertz CT molecular complexity index is 313. The molecule has 0 aromatic heterocycles. The van der Waals surface area contributed by atoms with Gasteiger partial charge in [-0.25, -0.2) is 0 Å². The lowest BCUT2D eigenvalue weighted by atomic mass is 9.65. The third-order valence-electron chi connectivity index (χ3n) is 4.04. The summed E-state index contributed by atoms with van der Waals surface area (Å²) < 4.78 is 0. The molecule has 1 saturated heterocycles. The topological polar surface area (TPSA) is 20.3 Å². The highest BCUT2D eigenvalue weighted by Crippen LogP contribution is 2.52. The van der Waals surface area contributed by atoms with Gasteiger partial charge in [0.25, 0.3) is 0 Å². The monoisotopic (exact) mass is 243 g/mol. The molecule has 1 aliphatic carbocycles. The Kier molecular flexibility index (Phi) is 2.77. The molecule has 16 heavy (non-hydrogen) atoms. The van der Waals surface area contributed by atoms with Crippen molar-refractivity contribution < 1.29 is 4.79 Å². The predicted molar refractivity (Wildman–Crippen MR) is 66.6 cm³/mol. The molecular formula is C13H22ClNO. The van der Waals surface area contributed by atoms with E-state index in [1.165, 1.54) is 6.42 Å². The van der Waals surface area contributed by atoms with E-state index in [0.29, 0.717) is 16.9 Å². The van der Waals surface area contributed by atoms with E-state index in [4.69, 9.17) is 11.6 Å². The van der Waals surface area contributed by atoms with Gasteiger partial charge in [0, 0.05) is 12.6 Å². The van der Waals surface area contributed by atoms with Gasteiger partial charge in [0.15, 0.2) is 0 Å². The normalized spacial score (nSPS) is 38.6. The fraction of sp³-hybridized carbons (Fsp3) is 0.923. The van der Waals surface area contributed by atoms with E-state index < -0.39 is 0 Å². The van der Waals surface area contributed by atoms with Gasteiger partial charge in [-0.15, -0.1) is 11.6 Å². The molecule has 0 N–H and O–H groups in total. The molecule has 2 aliphatic rings. The zero-order valence-corrected chi connectivity index (χ0v) is 11.5. The molecule has 0 spiro atoms. The van der Waals surface area contributed by atoms with E-state index in [-0.39, 0.29) is 11.3 Å². The maximum atomic E-state index is 12.0. The smallest absolute Gasteiger partial charge is 0.240 e. The van der Waals surface area contributed by atoms with Gasteiger partial charge in [-0.2, -0.15) is 0 Å². The van der Waals surface area contributed by atoms with Gasteiger partial charge >= 0.3 is 0 Å². The summed E-state index contributed by atoms with van der Waals surface area (Å²) in [5, 5.41) is -0.383. The van der Waals surface area contributed by atoms with Gasteiger partial charge in [0.05, 0.1) is 0 Å². The van der Waals surface area contributed by atoms with Crippen molar-refractivity contribution in [2.24, 2.45) is 10.8 Å². The summed E-state index contributed by atoms with van der Waals surface area (Å²) in [6, 6.07) is 0.419. The first-order chi connectivity index (χ1) is 7.22. The number of hydrogen-bond acceptors (Lipinski definition) is 1. The van der Waals surface area contributed by atoms with Crippen molar-refractivity contribution in [3.05, 3.63) is 0 Å². The molecule has 2 bridgehead atoms. The maximum absolute atomic E-state index is 12.0. The molecular weight excluding hydrogens is 222 g/mol. The number of nitrogens with zero attached hydrogens (tertiary/aromatic N) is 1. The molecule has 0 aromatic carbocycles. The van der Waals surface area contributed by atoms with Crippen molar-refractivity contribution in [2.75, 3.05) is 6.54 Å². The molecule has 1 saturated carbocycles. The SMILES string of the molecule is CC(Cl)C(=O)N1CC2(C)CC1CC(C)(C)C2. The quantitative estimate of drug-likeness (QED) is 0.649. The van der Waals surface area contributed by atoms with Gasteiger partial charge < -0.3 is 4.90 Å². The second-order valence-electron chi connectivity index (χ2n) is 6.80. The van der Waals surface area contributed by atoms with Crippen LogP contribution in [0, 0.1) is 10.8 Å². The predicted octanol–water partition coefficient (Wildman–Crippen LogP) is 3.04. The van der Waals surface area contributed by atoms with Crippen LogP contribution in [0.1, 0.15) is 47.0 Å². The highest BCUT2D eigenvalue weighted by Gasteiger charge is 2.51.